The lowest BCUT2D eigenvalue weighted by molar-refractivity contribution is -0.131. The van der Waals surface area contributed by atoms with Crippen LogP contribution in [0, 0.1) is 5.82 Å². The number of ether oxygens (including phenoxy) is 2. The second-order valence-electron chi connectivity index (χ2n) is 15.1. The van der Waals surface area contributed by atoms with Crippen LogP contribution in [0.5, 0.6) is 0 Å². The van der Waals surface area contributed by atoms with Gasteiger partial charge in [0.15, 0.2) is 5.69 Å². The van der Waals surface area contributed by atoms with Gasteiger partial charge < -0.3 is 34.5 Å². The van der Waals surface area contributed by atoms with Crippen molar-refractivity contribution >= 4 is 40.3 Å². The van der Waals surface area contributed by atoms with Crippen molar-refractivity contribution in [2.45, 2.75) is 46.3 Å². The van der Waals surface area contributed by atoms with Gasteiger partial charge in [0.05, 0.1) is 54.1 Å². The summed E-state index contributed by atoms with van der Waals surface area (Å²) in [4.78, 5) is 76.1. The molecule has 0 radical (unpaired) electrons. The summed E-state index contributed by atoms with van der Waals surface area (Å²) in [5.74, 6) is -1.77. The van der Waals surface area contributed by atoms with Crippen LogP contribution in [0.4, 0.5) is 14.9 Å². The van der Waals surface area contributed by atoms with Crippen molar-refractivity contribution in [2.75, 3.05) is 64.3 Å². The Bertz CT molecular complexity index is 2400. The van der Waals surface area contributed by atoms with Gasteiger partial charge in [0.1, 0.15) is 11.4 Å². The third-order valence-electron chi connectivity index (χ3n) is 9.59. The van der Waals surface area contributed by atoms with E-state index in [9.17, 15) is 28.4 Å². The molecule has 60 heavy (non-hydrogen) atoms. The number of aromatic nitrogens is 5. The largest absolute Gasteiger partial charge is 0.444 e. The molecule has 2 aromatic carbocycles. The van der Waals surface area contributed by atoms with Gasteiger partial charge in [-0.05, 0) is 57.5 Å². The first-order valence-electron chi connectivity index (χ1n) is 19.7. The molecule has 0 saturated carbocycles. The first-order chi connectivity index (χ1) is 28.8. The van der Waals surface area contributed by atoms with Gasteiger partial charge in [0.2, 0.25) is 5.91 Å². The fourth-order valence-electron chi connectivity index (χ4n) is 6.53. The fraction of sp³-hybridized carbons (Fsp3) is 0.381. The highest BCUT2D eigenvalue weighted by Gasteiger charge is 2.27. The Hall–Kier alpha value is -6.53. The molecule has 0 bridgehead atoms. The number of carbonyl (C=O) groups is 4. The Morgan fingerprint density at radius 2 is 1.67 bits per heavy atom. The van der Waals surface area contributed by atoms with Crippen molar-refractivity contribution in [1.82, 2.24) is 45.2 Å². The number of hydrogen-bond acceptors (Lipinski definition) is 11. The number of carbonyl (C=O) groups excluding carboxylic acids is 4. The van der Waals surface area contributed by atoms with E-state index in [1.807, 2.05) is 23.8 Å². The standard InChI is InChI=1S/C42H49FN10O7/c1-5-51-25-35(47-26-51)28-22-34(48-41(58)60-42(2,3)4)37(46-23-28)39(56)45-13-19-59-18-12-44-24-36(54)52-14-16-53(17-15-52)40(57)31-20-27(10-11-32(31)43)21-33-29-8-6-7-9-30(29)38(55)50-49-33/h6-11,20,22-23,25-26,44H,5,12-19,21,24H2,1-4H3,(H,45,56)(H,48,58)(H,50,55). The molecule has 0 aliphatic carbocycles. The molecule has 6 rings (SSSR count). The van der Waals surface area contributed by atoms with Gasteiger partial charge in [0, 0.05) is 75.6 Å². The Balaban J connectivity index is 0.907. The van der Waals surface area contributed by atoms with Crippen LogP contribution < -0.4 is 21.5 Å². The molecule has 4 amide bonds. The summed E-state index contributed by atoms with van der Waals surface area (Å²) in [5.41, 5.74) is 1.55. The number of aryl methyl sites for hydroxylation is 1. The van der Waals surface area contributed by atoms with Crippen LogP contribution in [0.25, 0.3) is 22.0 Å². The monoisotopic (exact) mass is 824 g/mol. The third-order valence-corrected chi connectivity index (χ3v) is 9.59. The van der Waals surface area contributed by atoms with E-state index in [1.165, 1.54) is 23.2 Å². The van der Waals surface area contributed by atoms with E-state index in [2.05, 4.69) is 36.1 Å². The topological polar surface area (TPSA) is 206 Å². The Morgan fingerprint density at radius 1 is 0.933 bits per heavy atom. The molecule has 1 aliphatic rings. The molecular weight excluding hydrogens is 776 g/mol. The van der Waals surface area contributed by atoms with Crippen molar-refractivity contribution in [3.05, 3.63) is 106 Å². The molecule has 1 fully saturated rings. The summed E-state index contributed by atoms with van der Waals surface area (Å²) >= 11 is 0. The van der Waals surface area contributed by atoms with Gasteiger partial charge in [0.25, 0.3) is 17.4 Å². The van der Waals surface area contributed by atoms with Crippen LogP contribution in [0.15, 0.2) is 72.0 Å². The molecule has 5 aromatic rings. The number of pyridine rings is 1. The molecule has 18 heteroatoms. The maximum absolute atomic E-state index is 14.9. The number of fused-ring (bicyclic) bond motifs is 1. The first kappa shape index (κ1) is 43.1. The number of piperazine rings is 1. The van der Waals surface area contributed by atoms with Crippen LogP contribution in [0.2, 0.25) is 0 Å². The van der Waals surface area contributed by atoms with Crippen LogP contribution >= 0.6 is 0 Å². The van der Waals surface area contributed by atoms with Crippen LogP contribution in [0.1, 0.15) is 59.8 Å². The maximum Gasteiger partial charge on any atom is 0.412 e. The van der Waals surface area contributed by atoms with Crippen molar-refractivity contribution in [1.29, 1.82) is 0 Å². The summed E-state index contributed by atoms with van der Waals surface area (Å²) in [6.45, 7) is 10.1. The molecule has 0 atom stereocenters. The molecule has 17 nitrogen and oxygen atoms in total. The fourth-order valence-corrected chi connectivity index (χ4v) is 6.53. The minimum absolute atomic E-state index is 0.00260. The van der Waals surface area contributed by atoms with Gasteiger partial charge in [-0.2, -0.15) is 5.10 Å². The molecule has 4 N–H and O–H groups in total. The lowest BCUT2D eigenvalue weighted by Crippen LogP contribution is -2.52. The molecule has 0 unspecified atom stereocenters. The quantitative estimate of drug-likeness (QED) is 0.112. The first-order valence-corrected chi connectivity index (χ1v) is 19.7. The van der Waals surface area contributed by atoms with Crippen molar-refractivity contribution < 1.29 is 33.0 Å². The number of nitrogens with one attached hydrogen (secondary N) is 4. The van der Waals surface area contributed by atoms with Gasteiger partial charge >= 0.3 is 6.09 Å². The highest BCUT2D eigenvalue weighted by atomic mass is 19.1. The number of hydrogen-bond donors (Lipinski definition) is 4. The zero-order valence-electron chi connectivity index (χ0n) is 34.0. The van der Waals surface area contributed by atoms with E-state index in [1.54, 1.807) is 62.3 Å². The summed E-state index contributed by atoms with van der Waals surface area (Å²) in [6.07, 6.45) is 4.59. The summed E-state index contributed by atoms with van der Waals surface area (Å²) in [5, 5.41) is 16.3. The van der Waals surface area contributed by atoms with Crippen molar-refractivity contribution in [3.63, 3.8) is 0 Å². The van der Waals surface area contributed by atoms with E-state index >= 15 is 0 Å². The van der Waals surface area contributed by atoms with Gasteiger partial charge in [-0.25, -0.2) is 24.3 Å². The summed E-state index contributed by atoms with van der Waals surface area (Å²) < 4.78 is 27.8. The number of H-pyrrole nitrogens is 1. The SMILES string of the molecule is CCn1cnc(-c2cnc(C(=O)NCCOCCNCC(=O)N3CCN(C(=O)c4cc(Cc5n[nH]c(=O)c6ccccc56)ccc4F)CC3)c(NC(=O)OC(C)(C)C)c2)c1. The predicted molar refractivity (Wildman–Crippen MR) is 221 cm³/mol. The lowest BCUT2D eigenvalue weighted by atomic mass is 10.0. The summed E-state index contributed by atoms with van der Waals surface area (Å²) in [7, 11) is 0. The van der Waals surface area contributed by atoms with Crippen molar-refractivity contribution in [3.8, 4) is 11.3 Å². The summed E-state index contributed by atoms with van der Waals surface area (Å²) in [6, 6.07) is 13.1. The van der Waals surface area contributed by atoms with Crippen LogP contribution in [-0.2, 0) is 27.2 Å². The third kappa shape index (κ3) is 11.1. The zero-order valence-corrected chi connectivity index (χ0v) is 34.0. The predicted octanol–water partition coefficient (Wildman–Crippen LogP) is 3.60. The van der Waals surface area contributed by atoms with E-state index in [0.717, 1.165) is 6.54 Å². The van der Waals surface area contributed by atoms with Crippen LogP contribution in [0.3, 0.4) is 0 Å². The number of anilines is 1. The van der Waals surface area contributed by atoms with E-state index in [0.29, 0.717) is 52.9 Å². The lowest BCUT2D eigenvalue weighted by Gasteiger charge is -2.35. The van der Waals surface area contributed by atoms with Crippen molar-refractivity contribution in [2.24, 2.45) is 0 Å². The number of rotatable bonds is 15. The number of benzene rings is 2. The second-order valence-corrected chi connectivity index (χ2v) is 15.1. The molecular formula is C42H49FN10O7. The molecule has 1 aliphatic heterocycles. The number of imidazole rings is 1. The average Bonchev–Trinajstić information content (AvgIpc) is 3.72. The highest BCUT2D eigenvalue weighted by molar-refractivity contribution is 6.01. The molecule has 4 heterocycles. The Morgan fingerprint density at radius 3 is 2.40 bits per heavy atom. The van der Waals surface area contributed by atoms with Gasteiger partial charge in [-0.1, -0.05) is 24.3 Å². The maximum atomic E-state index is 14.9. The molecule has 0 spiro atoms. The molecule has 3 aromatic heterocycles. The number of nitrogens with zero attached hydrogens (tertiary/aromatic N) is 6. The Labute approximate surface area is 345 Å². The van der Waals surface area contributed by atoms with E-state index < -0.39 is 29.3 Å². The minimum Gasteiger partial charge on any atom is -0.444 e. The number of amides is 4. The number of halogens is 1. The van der Waals surface area contributed by atoms with Gasteiger partial charge in [-0.3, -0.25) is 24.5 Å². The minimum atomic E-state index is -0.753. The number of aromatic amines is 1. The normalized spacial score (nSPS) is 13.0. The zero-order chi connectivity index (χ0) is 42.8. The Kier molecular flexibility index (Phi) is 14.0. The highest BCUT2D eigenvalue weighted by Crippen LogP contribution is 2.24. The van der Waals surface area contributed by atoms with E-state index in [-0.39, 0.29) is 74.2 Å². The smallest absolute Gasteiger partial charge is 0.412 e. The van der Waals surface area contributed by atoms with Gasteiger partial charge in [-0.15, -0.1) is 0 Å². The van der Waals surface area contributed by atoms with E-state index in [4.69, 9.17) is 9.47 Å². The molecule has 1 saturated heterocycles. The van der Waals surface area contributed by atoms with Crippen LogP contribution in [-0.4, -0.2) is 123 Å². The molecule has 316 valence electrons. The second kappa shape index (κ2) is 19.5. The average molecular weight is 825 g/mol.